The first kappa shape index (κ1) is 18.8. The van der Waals surface area contributed by atoms with Gasteiger partial charge in [0.05, 0.1) is 23.4 Å². The summed E-state index contributed by atoms with van der Waals surface area (Å²) in [6.07, 6.45) is 3.01. The minimum atomic E-state index is -0.414. The number of nitrogens with zero attached hydrogens (tertiary/aromatic N) is 4. The minimum Gasteiger partial charge on any atom is -0.462 e. The van der Waals surface area contributed by atoms with Crippen molar-refractivity contribution in [2.45, 2.75) is 6.92 Å². The maximum atomic E-state index is 12.5. The lowest BCUT2D eigenvalue weighted by molar-refractivity contribution is 0.0527. The average molecular weight is 369 g/mol. The smallest absolute Gasteiger partial charge is 0.340 e. The summed E-state index contributed by atoms with van der Waals surface area (Å²) in [5.74, 6) is -0.175. The third-order valence-corrected chi connectivity index (χ3v) is 4.36. The van der Waals surface area contributed by atoms with E-state index in [4.69, 9.17) is 4.74 Å². The van der Waals surface area contributed by atoms with Crippen LogP contribution in [0, 0.1) is 0 Å². The quantitative estimate of drug-likeness (QED) is 0.804. The summed E-state index contributed by atoms with van der Waals surface area (Å²) in [4.78, 5) is 37.0. The highest BCUT2D eigenvalue weighted by atomic mass is 16.5. The number of hydrogen-bond acceptors (Lipinski definition) is 7. The van der Waals surface area contributed by atoms with E-state index >= 15 is 0 Å². The van der Waals surface area contributed by atoms with Crippen molar-refractivity contribution in [3.05, 3.63) is 47.8 Å². The SMILES string of the molecule is CCOC(=O)c1ccccc1Nc1ncc(C(=O)N2CCN(C)CC2)cn1. The number of esters is 1. The van der Waals surface area contributed by atoms with E-state index in [2.05, 4.69) is 20.2 Å². The van der Waals surface area contributed by atoms with Gasteiger partial charge in [-0.05, 0) is 26.1 Å². The molecule has 3 rings (SSSR count). The summed E-state index contributed by atoms with van der Waals surface area (Å²) in [6.45, 7) is 5.16. The fourth-order valence-electron chi connectivity index (χ4n) is 2.79. The van der Waals surface area contributed by atoms with E-state index in [0.29, 0.717) is 42.5 Å². The summed E-state index contributed by atoms with van der Waals surface area (Å²) in [5, 5.41) is 3.01. The zero-order valence-corrected chi connectivity index (χ0v) is 15.5. The second-order valence-electron chi connectivity index (χ2n) is 6.28. The average Bonchev–Trinajstić information content (AvgIpc) is 2.69. The van der Waals surface area contributed by atoms with Crippen LogP contribution in [0.25, 0.3) is 0 Å². The molecule has 0 aliphatic carbocycles. The van der Waals surface area contributed by atoms with Crippen LogP contribution in [0.15, 0.2) is 36.7 Å². The van der Waals surface area contributed by atoms with Crippen LogP contribution < -0.4 is 5.32 Å². The Balaban J connectivity index is 1.70. The molecule has 1 aromatic heterocycles. The maximum Gasteiger partial charge on any atom is 0.340 e. The molecule has 1 amide bonds. The molecule has 8 heteroatoms. The number of hydrogen-bond donors (Lipinski definition) is 1. The highest BCUT2D eigenvalue weighted by Crippen LogP contribution is 2.19. The second-order valence-corrected chi connectivity index (χ2v) is 6.28. The molecule has 1 aliphatic heterocycles. The third-order valence-electron chi connectivity index (χ3n) is 4.36. The summed E-state index contributed by atoms with van der Waals surface area (Å²) >= 11 is 0. The monoisotopic (exact) mass is 369 g/mol. The van der Waals surface area contributed by atoms with E-state index in [-0.39, 0.29) is 5.91 Å². The van der Waals surface area contributed by atoms with Crippen molar-refractivity contribution >= 4 is 23.5 Å². The van der Waals surface area contributed by atoms with Gasteiger partial charge in [-0.2, -0.15) is 0 Å². The van der Waals surface area contributed by atoms with Crippen molar-refractivity contribution in [1.82, 2.24) is 19.8 Å². The molecule has 8 nitrogen and oxygen atoms in total. The molecule has 1 N–H and O–H groups in total. The van der Waals surface area contributed by atoms with Gasteiger partial charge < -0.3 is 19.9 Å². The van der Waals surface area contributed by atoms with Crippen LogP contribution in [0.5, 0.6) is 0 Å². The van der Waals surface area contributed by atoms with Crippen LogP contribution in [0.3, 0.4) is 0 Å². The Morgan fingerprint density at radius 1 is 1.11 bits per heavy atom. The van der Waals surface area contributed by atoms with Gasteiger partial charge in [-0.15, -0.1) is 0 Å². The van der Waals surface area contributed by atoms with Crippen molar-refractivity contribution in [2.24, 2.45) is 0 Å². The molecule has 0 spiro atoms. The third kappa shape index (κ3) is 4.59. The van der Waals surface area contributed by atoms with Crippen LogP contribution in [-0.4, -0.2) is 71.5 Å². The van der Waals surface area contributed by atoms with Gasteiger partial charge in [0.25, 0.3) is 5.91 Å². The number of para-hydroxylation sites is 1. The fraction of sp³-hybridized carbons (Fsp3) is 0.368. The molecule has 142 valence electrons. The number of amides is 1. The first-order valence-corrected chi connectivity index (χ1v) is 8.91. The lowest BCUT2D eigenvalue weighted by Crippen LogP contribution is -2.47. The van der Waals surface area contributed by atoms with Crippen molar-refractivity contribution < 1.29 is 14.3 Å². The lowest BCUT2D eigenvalue weighted by Gasteiger charge is -2.32. The Bertz CT molecular complexity index is 801. The summed E-state index contributed by atoms with van der Waals surface area (Å²) in [7, 11) is 2.04. The van der Waals surface area contributed by atoms with Gasteiger partial charge in [0, 0.05) is 38.6 Å². The predicted molar refractivity (Wildman–Crippen MR) is 101 cm³/mol. The van der Waals surface area contributed by atoms with Gasteiger partial charge >= 0.3 is 5.97 Å². The number of rotatable bonds is 5. The van der Waals surface area contributed by atoms with E-state index in [1.54, 1.807) is 31.2 Å². The fourth-order valence-corrected chi connectivity index (χ4v) is 2.79. The number of nitrogens with one attached hydrogen (secondary N) is 1. The largest absolute Gasteiger partial charge is 0.462 e. The number of carbonyl (C=O) groups excluding carboxylic acids is 2. The zero-order valence-electron chi connectivity index (χ0n) is 15.5. The van der Waals surface area contributed by atoms with Crippen LogP contribution in [-0.2, 0) is 4.74 Å². The second kappa shape index (κ2) is 8.59. The van der Waals surface area contributed by atoms with Crippen molar-refractivity contribution in [1.29, 1.82) is 0 Å². The molecule has 0 radical (unpaired) electrons. The molecule has 2 aromatic rings. The molecule has 1 aliphatic rings. The molecular weight excluding hydrogens is 346 g/mol. The van der Waals surface area contributed by atoms with Gasteiger partial charge in [0.1, 0.15) is 0 Å². The maximum absolute atomic E-state index is 12.5. The number of anilines is 2. The number of likely N-dealkylation sites (N-methyl/N-ethyl adjacent to an activating group) is 1. The Kier molecular flexibility index (Phi) is 5.97. The minimum absolute atomic E-state index is 0.0680. The first-order chi connectivity index (χ1) is 13.1. The summed E-state index contributed by atoms with van der Waals surface area (Å²) in [5.41, 5.74) is 1.40. The van der Waals surface area contributed by atoms with Gasteiger partial charge in [0.2, 0.25) is 5.95 Å². The molecule has 1 fully saturated rings. The number of aromatic nitrogens is 2. The number of benzene rings is 1. The predicted octanol–water partition coefficient (Wildman–Crippen LogP) is 1.78. The standard InChI is InChI=1S/C19H23N5O3/c1-3-27-18(26)15-6-4-5-7-16(15)22-19-20-12-14(13-21-19)17(25)24-10-8-23(2)9-11-24/h4-7,12-13H,3,8-11H2,1-2H3,(H,20,21,22). The van der Waals surface area contributed by atoms with Crippen molar-refractivity contribution in [3.8, 4) is 0 Å². The number of piperazine rings is 1. The van der Waals surface area contributed by atoms with E-state index in [0.717, 1.165) is 13.1 Å². The molecule has 0 atom stereocenters. The van der Waals surface area contributed by atoms with Gasteiger partial charge in [-0.1, -0.05) is 12.1 Å². The summed E-state index contributed by atoms with van der Waals surface area (Å²) < 4.78 is 5.06. The lowest BCUT2D eigenvalue weighted by atomic mass is 10.2. The molecule has 0 bridgehead atoms. The Morgan fingerprint density at radius 3 is 2.44 bits per heavy atom. The van der Waals surface area contributed by atoms with Crippen LogP contribution in [0.2, 0.25) is 0 Å². The van der Waals surface area contributed by atoms with Crippen LogP contribution in [0.4, 0.5) is 11.6 Å². The zero-order chi connectivity index (χ0) is 19.2. The topological polar surface area (TPSA) is 87.7 Å². The number of ether oxygens (including phenoxy) is 1. The van der Waals surface area contributed by atoms with Crippen LogP contribution in [0.1, 0.15) is 27.6 Å². The van der Waals surface area contributed by atoms with Crippen molar-refractivity contribution in [3.63, 3.8) is 0 Å². The summed E-state index contributed by atoms with van der Waals surface area (Å²) in [6, 6.07) is 6.98. The normalized spacial score (nSPS) is 14.7. The van der Waals surface area contributed by atoms with E-state index < -0.39 is 5.97 Å². The molecule has 1 aromatic carbocycles. The molecule has 27 heavy (non-hydrogen) atoms. The first-order valence-electron chi connectivity index (χ1n) is 8.91. The Labute approximate surface area is 158 Å². The molecule has 2 heterocycles. The highest BCUT2D eigenvalue weighted by molar-refractivity contribution is 5.96. The Morgan fingerprint density at radius 2 is 1.78 bits per heavy atom. The highest BCUT2D eigenvalue weighted by Gasteiger charge is 2.21. The number of carbonyl (C=O) groups is 2. The van der Waals surface area contributed by atoms with E-state index in [9.17, 15) is 9.59 Å². The van der Waals surface area contributed by atoms with E-state index in [1.165, 1.54) is 12.4 Å². The van der Waals surface area contributed by atoms with Gasteiger partial charge in [-0.25, -0.2) is 14.8 Å². The van der Waals surface area contributed by atoms with Gasteiger partial charge in [-0.3, -0.25) is 4.79 Å². The van der Waals surface area contributed by atoms with Gasteiger partial charge in [0.15, 0.2) is 0 Å². The van der Waals surface area contributed by atoms with Crippen LogP contribution >= 0.6 is 0 Å². The molecule has 0 saturated carbocycles. The van der Waals surface area contributed by atoms with E-state index in [1.807, 2.05) is 11.9 Å². The molecule has 0 unspecified atom stereocenters. The van der Waals surface area contributed by atoms with Crippen molar-refractivity contribution in [2.75, 3.05) is 45.2 Å². The molecular formula is C19H23N5O3. The Hall–Kier alpha value is -3.00. The molecule has 1 saturated heterocycles.